The largest absolute Gasteiger partial charge is 0.508 e. The van der Waals surface area contributed by atoms with E-state index in [1.165, 1.54) is 36.5 Å². The molecule has 0 saturated heterocycles. The Morgan fingerprint density at radius 2 is 1.78 bits per heavy atom. The van der Waals surface area contributed by atoms with E-state index in [1.807, 2.05) is 24.3 Å². The van der Waals surface area contributed by atoms with Crippen LogP contribution < -0.4 is 10.6 Å². The molecule has 0 atom stereocenters. The zero-order valence-electron chi connectivity index (χ0n) is 19.7. The highest BCUT2D eigenvalue weighted by Crippen LogP contribution is 2.23. The Morgan fingerprint density at radius 1 is 1.00 bits per heavy atom. The Bertz CT molecular complexity index is 1540. The molecule has 0 bridgehead atoms. The quantitative estimate of drug-likeness (QED) is 0.264. The molecule has 0 unspecified atom stereocenters. The van der Waals surface area contributed by atoms with Gasteiger partial charge >= 0.3 is 5.97 Å². The van der Waals surface area contributed by atoms with E-state index >= 15 is 0 Å². The summed E-state index contributed by atoms with van der Waals surface area (Å²) in [5.74, 6) is -2.39. The van der Waals surface area contributed by atoms with Crippen LogP contribution in [-0.4, -0.2) is 33.0 Å². The average Bonchev–Trinajstić information content (AvgIpc) is 2.86. The van der Waals surface area contributed by atoms with Crippen molar-refractivity contribution in [1.29, 1.82) is 0 Å². The maximum Gasteiger partial charge on any atom is 0.352 e. The number of carboxylic acids is 1. The zero-order valence-corrected chi connectivity index (χ0v) is 20.4. The molecule has 4 rings (SSSR count). The standard InChI is InChI=1S/C28H22ClN3O5/c1-16-9-20(26(34)31-14-17-5-4-7-21(33)11-17)13-22(29)25(16)27(35)32-24(28(36)37)12-18-10-19-6-2-3-8-23(19)30-15-18/h2-13,15,33H,14H2,1H3,(H,31,34)(H,32,35)(H,36,37)/b24-12-. The number of aryl methyl sites for hydroxylation is 1. The molecule has 0 saturated carbocycles. The zero-order chi connectivity index (χ0) is 26.5. The van der Waals surface area contributed by atoms with Gasteiger partial charge in [0.25, 0.3) is 11.8 Å². The topological polar surface area (TPSA) is 129 Å². The lowest BCUT2D eigenvalue weighted by Crippen LogP contribution is -2.28. The SMILES string of the molecule is Cc1cc(C(=O)NCc2cccc(O)c2)cc(Cl)c1C(=O)N/C(=C\c1cnc2ccccc2c1)C(=O)O. The minimum absolute atomic E-state index is 0.00267. The number of phenols is 1. The molecule has 0 radical (unpaired) electrons. The van der Waals surface area contributed by atoms with Gasteiger partial charge in [-0.15, -0.1) is 0 Å². The number of carboxylic acid groups (broad SMARTS) is 1. The summed E-state index contributed by atoms with van der Waals surface area (Å²) in [7, 11) is 0. The van der Waals surface area contributed by atoms with Gasteiger partial charge in [-0.2, -0.15) is 0 Å². The number of halogens is 1. The second-order valence-electron chi connectivity index (χ2n) is 8.28. The van der Waals surface area contributed by atoms with E-state index in [1.54, 1.807) is 25.1 Å². The highest BCUT2D eigenvalue weighted by atomic mass is 35.5. The third-order valence-corrected chi connectivity index (χ3v) is 5.84. The number of aliphatic carboxylic acids is 1. The number of aromatic hydroxyl groups is 1. The minimum Gasteiger partial charge on any atom is -0.508 e. The normalized spacial score (nSPS) is 11.2. The molecule has 37 heavy (non-hydrogen) atoms. The van der Waals surface area contributed by atoms with E-state index in [0.717, 1.165) is 10.9 Å². The summed E-state index contributed by atoms with van der Waals surface area (Å²) in [5, 5.41) is 25.2. The summed E-state index contributed by atoms with van der Waals surface area (Å²) in [5.41, 5.74) is 2.29. The van der Waals surface area contributed by atoms with E-state index in [9.17, 15) is 24.6 Å². The number of carbonyl (C=O) groups excluding carboxylic acids is 2. The highest BCUT2D eigenvalue weighted by Gasteiger charge is 2.20. The van der Waals surface area contributed by atoms with Crippen molar-refractivity contribution in [1.82, 2.24) is 15.6 Å². The second kappa shape index (κ2) is 10.9. The number of phenolic OH excluding ortho intramolecular Hbond substituents is 1. The van der Waals surface area contributed by atoms with E-state index < -0.39 is 17.8 Å². The molecule has 0 aliphatic carbocycles. The van der Waals surface area contributed by atoms with Crippen LogP contribution in [0.4, 0.5) is 0 Å². The van der Waals surface area contributed by atoms with Crippen molar-refractivity contribution >= 4 is 46.4 Å². The number of amides is 2. The van der Waals surface area contributed by atoms with Crippen molar-refractivity contribution in [2.45, 2.75) is 13.5 Å². The van der Waals surface area contributed by atoms with E-state index in [2.05, 4.69) is 15.6 Å². The molecule has 2 amide bonds. The van der Waals surface area contributed by atoms with Crippen LogP contribution in [0.1, 0.15) is 37.4 Å². The molecule has 8 nitrogen and oxygen atoms in total. The first-order chi connectivity index (χ1) is 17.7. The lowest BCUT2D eigenvalue weighted by Gasteiger charge is -2.13. The lowest BCUT2D eigenvalue weighted by molar-refractivity contribution is -0.132. The number of nitrogens with zero attached hydrogens (tertiary/aromatic N) is 1. The summed E-state index contributed by atoms with van der Waals surface area (Å²) >= 11 is 6.35. The van der Waals surface area contributed by atoms with Gasteiger partial charge in [0.15, 0.2) is 0 Å². The van der Waals surface area contributed by atoms with Crippen molar-refractivity contribution in [2.24, 2.45) is 0 Å². The molecular formula is C28H22ClN3O5. The number of nitrogens with one attached hydrogen (secondary N) is 2. The van der Waals surface area contributed by atoms with E-state index in [0.29, 0.717) is 16.7 Å². The smallest absolute Gasteiger partial charge is 0.352 e. The van der Waals surface area contributed by atoms with Gasteiger partial charge < -0.3 is 20.8 Å². The summed E-state index contributed by atoms with van der Waals surface area (Å²) in [6.45, 7) is 1.78. The molecule has 0 fully saturated rings. The van der Waals surface area contributed by atoms with E-state index in [4.69, 9.17) is 11.6 Å². The molecule has 4 aromatic rings. The van der Waals surface area contributed by atoms with Gasteiger partial charge in [0, 0.05) is 23.7 Å². The first kappa shape index (κ1) is 25.4. The number of benzene rings is 3. The molecule has 186 valence electrons. The van der Waals surface area contributed by atoms with Crippen molar-refractivity contribution in [3.05, 3.63) is 111 Å². The molecule has 1 heterocycles. The number of rotatable bonds is 7. The Hall–Kier alpha value is -4.69. The fourth-order valence-corrected chi connectivity index (χ4v) is 4.14. The molecule has 4 N–H and O–H groups in total. The van der Waals surface area contributed by atoms with Gasteiger partial charge in [-0.1, -0.05) is 41.9 Å². The van der Waals surface area contributed by atoms with Crippen LogP contribution in [0.5, 0.6) is 5.75 Å². The van der Waals surface area contributed by atoms with Crippen LogP contribution in [0.15, 0.2) is 78.6 Å². The number of carbonyl (C=O) groups is 3. The van der Waals surface area contributed by atoms with Gasteiger partial charge in [0.2, 0.25) is 0 Å². The fourth-order valence-electron chi connectivity index (χ4n) is 3.78. The van der Waals surface area contributed by atoms with Crippen LogP contribution in [0, 0.1) is 6.92 Å². The molecule has 0 spiro atoms. The van der Waals surface area contributed by atoms with Crippen LogP contribution >= 0.6 is 11.6 Å². The Labute approximate surface area is 217 Å². The molecular weight excluding hydrogens is 494 g/mol. The second-order valence-corrected chi connectivity index (χ2v) is 8.69. The third kappa shape index (κ3) is 6.12. The number of hydrogen-bond acceptors (Lipinski definition) is 5. The summed E-state index contributed by atoms with van der Waals surface area (Å²) < 4.78 is 0. The predicted octanol–water partition coefficient (Wildman–Crippen LogP) is 4.69. The Morgan fingerprint density at radius 3 is 2.51 bits per heavy atom. The number of fused-ring (bicyclic) bond motifs is 1. The molecule has 0 aliphatic rings. The van der Waals surface area contributed by atoms with Crippen LogP contribution in [0.3, 0.4) is 0 Å². The van der Waals surface area contributed by atoms with Gasteiger partial charge in [0.1, 0.15) is 11.4 Å². The van der Waals surface area contributed by atoms with Gasteiger partial charge in [0.05, 0.1) is 16.1 Å². The van der Waals surface area contributed by atoms with Gasteiger partial charge in [-0.25, -0.2) is 4.79 Å². The number of para-hydroxylation sites is 1. The first-order valence-corrected chi connectivity index (χ1v) is 11.6. The highest BCUT2D eigenvalue weighted by molar-refractivity contribution is 6.34. The maximum absolute atomic E-state index is 13.0. The molecule has 1 aromatic heterocycles. The number of pyridine rings is 1. The molecule has 9 heteroatoms. The Kier molecular flexibility index (Phi) is 7.50. The molecule has 0 aliphatic heterocycles. The average molecular weight is 516 g/mol. The summed E-state index contributed by atoms with van der Waals surface area (Å²) in [6, 6.07) is 18.5. The first-order valence-electron chi connectivity index (χ1n) is 11.2. The minimum atomic E-state index is -1.33. The summed E-state index contributed by atoms with van der Waals surface area (Å²) in [6.07, 6.45) is 2.83. The third-order valence-electron chi connectivity index (χ3n) is 5.54. The predicted molar refractivity (Wildman–Crippen MR) is 140 cm³/mol. The van der Waals surface area contributed by atoms with Crippen LogP contribution in [0.2, 0.25) is 5.02 Å². The fraction of sp³-hybridized carbons (Fsp3) is 0.0714. The van der Waals surface area contributed by atoms with Crippen molar-refractivity contribution < 1.29 is 24.6 Å². The number of aromatic nitrogens is 1. The van der Waals surface area contributed by atoms with Gasteiger partial charge in [-0.05, 0) is 66.1 Å². The van der Waals surface area contributed by atoms with Crippen molar-refractivity contribution in [3.63, 3.8) is 0 Å². The monoisotopic (exact) mass is 515 g/mol. The van der Waals surface area contributed by atoms with Gasteiger partial charge in [-0.3, -0.25) is 14.6 Å². The molecule has 3 aromatic carbocycles. The lowest BCUT2D eigenvalue weighted by atomic mass is 10.0. The number of hydrogen-bond donors (Lipinski definition) is 4. The maximum atomic E-state index is 13.0. The summed E-state index contributed by atoms with van der Waals surface area (Å²) in [4.78, 5) is 41.8. The van der Waals surface area contributed by atoms with Crippen molar-refractivity contribution in [2.75, 3.05) is 0 Å². The Balaban J connectivity index is 1.52. The van der Waals surface area contributed by atoms with E-state index in [-0.39, 0.29) is 34.1 Å². The van der Waals surface area contributed by atoms with Crippen molar-refractivity contribution in [3.8, 4) is 5.75 Å². The van der Waals surface area contributed by atoms with Crippen LogP contribution in [0.25, 0.3) is 17.0 Å². The van der Waals surface area contributed by atoms with Crippen LogP contribution in [-0.2, 0) is 11.3 Å².